The van der Waals surface area contributed by atoms with Crippen molar-refractivity contribution in [1.29, 1.82) is 0 Å². The first-order chi connectivity index (χ1) is 6.02. The number of carbonyl (C=O) groups is 1. The van der Waals surface area contributed by atoms with E-state index < -0.39 is 5.97 Å². The summed E-state index contributed by atoms with van der Waals surface area (Å²) in [5.74, 6) is -0.148. The van der Waals surface area contributed by atoms with Crippen molar-refractivity contribution in [1.82, 2.24) is 0 Å². The third kappa shape index (κ3) is 3.78. The van der Waals surface area contributed by atoms with Crippen LogP contribution in [0.4, 0.5) is 0 Å². The van der Waals surface area contributed by atoms with Crippen LogP contribution < -0.4 is 5.73 Å². The quantitative estimate of drug-likeness (QED) is 0.532. The summed E-state index contributed by atoms with van der Waals surface area (Å²) in [7, 11) is 0. The molecule has 0 fully saturated rings. The highest BCUT2D eigenvalue weighted by molar-refractivity contribution is 5.81. The third-order valence-corrected chi connectivity index (χ3v) is 1.79. The highest BCUT2D eigenvalue weighted by Crippen LogP contribution is 2.15. The molecule has 0 aliphatic rings. The molecule has 1 unspecified atom stereocenters. The zero-order chi connectivity index (χ0) is 10.4. The molecule has 0 saturated carbocycles. The first-order valence-electron chi connectivity index (χ1n) is 4.27. The van der Waals surface area contributed by atoms with Gasteiger partial charge in [-0.2, -0.15) is 0 Å². The number of esters is 1. The Morgan fingerprint density at radius 1 is 1.46 bits per heavy atom. The minimum absolute atomic E-state index is 0.276. The van der Waals surface area contributed by atoms with Crippen LogP contribution in [0, 0.1) is 5.92 Å². The summed E-state index contributed by atoms with van der Waals surface area (Å²) in [4.78, 5) is 10.9. The molecule has 0 amide bonds. The minimum atomic E-state index is -0.424. The molecular weight excluding hydrogens is 166 g/mol. The number of nitrogens with two attached hydrogens (primary N) is 1. The van der Waals surface area contributed by atoms with E-state index in [-0.39, 0.29) is 12.0 Å². The number of hydrogen-bond donors (Lipinski definition) is 1. The van der Waals surface area contributed by atoms with Gasteiger partial charge < -0.3 is 10.5 Å². The SMILES string of the molecule is C=CC(=O)OC(C)/C(=C/N)C(C)C. The van der Waals surface area contributed by atoms with Crippen molar-refractivity contribution < 1.29 is 9.53 Å². The summed E-state index contributed by atoms with van der Waals surface area (Å²) in [5.41, 5.74) is 6.32. The molecule has 74 valence electrons. The van der Waals surface area contributed by atoms with Gasteiger partial charge in [-0.1, -0.05) is 20.4 Å². The zero-order valence-electron chi connectivity index (χ0n) is 8.41. The Balaban J connectivity index is 4.31. The molecule has 0 aromatic heterocycles. The fraction of sp³-hybridized carbons (Fsp3) is 0.500. The standard InChI is InChI=1S/C10H17NO2/c1-5-10(12)13-8(4)9(6-11)7(2)3/h5-8H,1,11H2,2-4H3/b9-6+. The number of rotatable bonds is 4. The Hall–Kier alpha value is -1.25. The van der Waals surface area contributed by atoms with Gasteiger partial charge in [0, 0.05) is 6.08 Å². The van der Waals surface area contributed by atoms with E-state index in [1.165, 1.54) is 6.20 Å². The van der Waals surface area contributed by atoms with E-state index in [0.717, 1.165) is 11.6 Å². The fourth-order valence-electron chi connectivity index (χ4n) is 1.09. The van der Waals surface area contributed by atoms with Crippen LogP contribution >= 0.6 is 0 Å². The van der Waals surface area contributed by atoms with Gasteiger partial charge in [0.25, 0.3) is 0 Å². The maximum absolute atomic E-state index is 10.9. The monoisotopic (exact) mass is 183 g/mol. The van der Waals surface area contributed by atoms with Gasteiger partial charge in [0.15, 0.2) is 0 Å². The first kappa shape index (κ1) is 11.8. The first-order valence-corrected chi connectivity index (χ1v) is 4.27. The highest BCUT2D eigenvalue weighted by atomic mass is 16.5. The van der Waals surface area contributed by atoms with Crippen LogP contribution in [-0.4, -0.2) is 12.1 Å². The van der Waals surface area contributed by atoms with Crippen LogP contribution in [0.2, 0.25) is 0 Å². The second-order valence-electron chi connectivity index (χ2n) is 3.10. The second kappa shape index (κ2) is 5.41. The van der Waals surface area contributed by atoms with Gasteiger partial charge in [0.05, 0.1) is 0 Å². The second-order valence-corrected chi connectivity index (χ2v) is 3.10. The van der Waals surface area contributed by atoms with E-state index in [0.29, 0.717) is 0 Å². The van der Waals surface area contributed by atoms with Crippen molar-refractivity contribution in [2.75, 3.05) is 0 Å². The molecule has 3 nitrogen and oxygen atoms in total. The molecule has 3 heteroatoms. The van der Waals surface area contributed by atoms with Gasteiger partial charge in [0.2, 0.25) is 0 Å². The number of ether oxygens (including phenoxy) is 1. The van der Waals surface area contributed by atoms with E-state index >= 15 is 0 Å². The van der Waals surface area contributed by atoms with Crippen LogP contribution in [0.15, 0.2) is 24.4 Å². The molecule has 0 spiro atoms. The maximum atomic E-state index is 10.9. The van der Waals surface area contributed by atoms with E-state index in [1.54, 1.807) is 6.92 Å². The van der Waals surface area contributed by atoms with Gasteiger partial charge in [-0.05, 0) is 24.6 Å². The highest BCUT2D eigenvalue weighted by Gasteiger charge is 2.14. The molecule has 13 heavy (non-hydrogen) atoms. The molecule has 0 bridgehead atoms. The molecule has 0 saturated heterocycles. The van der Waals surface area contributed by atoms with Crippen LogP contribution in [-0.2, 0) is 9.53 Å². The Bertz CT molecular complexity index is 219. The van der Waals surface area contributed by atoms with Crippen molar-refractivity contribution in [2.45, 2.75) is 26.9 Å². The molecule has 2 N–H and O–H groups in total. The lowest BCUT2D eigenvalue weighted by Crippen LogP contribution is -2.19. The van der Waals surface area contributed by atoms with Crippen molar-refractivity contribution in [3.63, 3.8) is 0 Å². The zero-order valence-corrected chi connectivity index (χ0v) is 8.41. The predicted octanol–water partition coefficient (Wildman–Crippen LogP) is 1.60. The van der Waals surface area contributed by atoms with Crippen LogP contribution in [0.5, 0.6) is 0 Å². The number of hydrogen-bond acceptors (Lipinski definition) is 3. The smallest absolute Gasteiger partial charge is 0.330 e. The lowest BCUT2D eigenvalue weighted by Gasteiger charge is -2.18. The van der Waals surface area contributed by atoms with Crippen LogP contribution in [0.3, 0.4) is 0 Å². The van der Waals surface area contributed by atoms with Gasteiger partial charge in [-0.3, -0.25) is 0 Å². The van der Waals surface area contributed by atoms with Crippen molar-refractivity contribution in [2.24, 2.45) is 11.7 Å². The van der Waals surface area contributed by atoms with Gasteiger partial charge in [0.1, 0.15) is 6.10 Å². The fourth-order valence-corrected chi connectivity index (χ4v) is 1.09. The molecule has 1 atom stereocenters. The molecule has 0 aliphatic heterocycles. The van der Waals surface area contributed by atoms with Crippen molar-refractivity contribution >= 4 is 5.97 Å². The molecular formula is C10H17NO2. The van der Waals surface area contributed by atoms with Crippen LogP contribution in [0.1, 0.15) is 20.8 Å². The molecule has 0 aromatic rings. The Morgan fingerprint density at radius 3 is 2.31 bits per heavy atom. The lowest BCUT2D eigenvalue weighted by atomic mass is 10.00. The molecule has 0 aliphatic carbocycles. The maximum Gasteiger partial charge on any atom is 0.330 e. The summed E-state index contributed by atoms with van der Waals surface area (Å²) in [6.07, 6.45) is 2.35. The van der Waals surface area contributed by atoms with Crippen molar-refractivity contribution in [3.05, 3.63) is 24.4 Å². The van der Waals surface area contributed by atoms with Gasteiger partial charge in [-0.25, -0.2) is 4.79 Å². The molecule has 0 radical (unpaired) electrons. The Kier molecular flexibility index (Phi) is 4.89. The minimum Gasteiger partial charge on any atom is -0.455 e. The molecule has 0 aromatic carbocycles. The van der Waals surface area contributed by atoms with E-state index in [1.807, 2.05) is 13.8 Å². The van der Waals surface area contributed by atoms with Crippen LogP contribution in [0.25, 0.3) is 0 Å². The third-order valence-electron chi connectivity index (χ3n) is 1.79. The Labute approximate surface area is 79.3 Å². The summed E-state index contributed by atoms with van der Waals surface area (Å²) in [6.45, 7) is 9.10. The molecule has 0 heterocycles. The topological polar surface area (TPSA) is 52.3 Å². The normalized spacial score (nSPS) is 14.0. The van der Waals surface area contributed by atoms with E-state index in [4.69, 9.17) is 10.5 Å². The van der Waals surface area contributed by atoms with E-state index in [2.05, 4.69) is 6.58 Å². The van der Waals surface area contributed by atoms with Gasteiger partial charge >= 0.3 is 5.97 Å². The summed E-state index contributed by atoms with van der Waals surface area (Å²) in [6, 6.07) is 0. The largest absolute Gasteiger partial charge is 0.455 e. The average molecular weight is 183 g/mol. The lowest BCUT2D eigenvalue weighted by molar-refractivity contribution is -0.140. The summed E-state index contributed by atoms with van der Waals surface area (Å²) < 4.78 is 5.01. The van der Waals surface area contributed by atoms with E-state index in [9.17, 15) is 4.79 Å². The van der Waals surface area contributed by atoms with Gasteiger partial charge in [-0.15, -0.1) is 0 Å². The Morgan fingerprint density at radius 2 is 2.00 bits per heavy atom. The summed E-state index contributed by atoms with van der Waals surface area (Å²) in [5, 5.41) is 0. The number of carbonyl (C=O) groups excluding carboxylic acids is 1. The van der Waals surface area contributed by atoms with Crippen molar-refractivity contribution in [3.8, 4) is 0 Å². The summed E-state index contributed by atoms with van der Waals surface area (Å²) >= 11 is 0. The average Bonchev–Trinajstić information content (AvgIpc) is 2.04. The predicted molar refractivity (Wildman–Crippen MR) is 52.9 cm³/mol. The molecule has 0 rings (SSSR count).